The number of carbonyl (C=O) groups is 2. The fraction of sp³-hybridized carbons (Fsp3) is 0.200. The van der Waals surface area contributed by atoms with Crippen LogP contribution in [0.5, 0.6) is 5.75 Å². The molecule has 0 saturated heterocycles. The number of esters is 1. The van der Waals surface area contributed by atoms with Crippen molar-refractivity contribution in [2.75, 3.05) is 24.4 Å². The molecule has 0 aliphatic carbocycles. The van der Waals surface area contributed by atoms with Gasteiger partial charge in [-0.3, -0.25) is 4.79 Å². The molecule has 3 rings (SSSR count). The van der Waals surface area contributed by atoms with Crippen LogP contribution in [0.15, 0.2) is 66.1 Å². The average Bonchev–Trinajstić information content (AvgIpc) is 3.06. The van der Waals surface area contributed by atoms with E-state index in [1.807, 2.05) is 0 Å². The third kappa shape index (κ3) is 4.58. The molecule has 1 heterocycles. The third-order valence-corrected chi connectivity index (χ3v) is 5.58. The summed E-state index contributed by atoms with van der Waals surface area (Å²) >= 11 is 0. The summed E-state index contributed by atoms with van der Waals surface area (Å²) in [6.07, 6.45) is 1.46. The number of ether oxygens (including phenoxy) is 2. The van der Waals surface area contributed by atoms with E-state index in [4.69, 9.17) is 9.47 Å². The lowest BCUT2D eigenvalue weighted by atomic mass is 10.2. The number of para-hydroxylation sites is 1. The van der Waals surface area contributed by atoms with Gasteiger partial charge in [0, 0.05) is 11.1 Å². The lowest BCUT2D eigenvalue weighted by Crippen LogP contribution is -2.43. The summed E-state index contributed by atoms with van der Waals surface area (Å²) in [6, 6.07) is 14.3. The molecule has 0 aromatic heterocycles. The number of anilines is 1. The van der Waals surface area contributed by atoms with Crippen molar-refractivity contribution < 1.29 is 27.5 Å². The van der Waals surface area contributed by atoms with Gasteiger partial charge in [0.1, 0.15) is 5.75 Å². The highest BCUT2D eigenvalue weighted by atomic mass is 32.2. The maximum Gasteiger partial charge on any atom is 0.338 e. The zero-order valence-electron chi connectivity index (χ0n) is 15.1. The number of methoxy groups -OCH3 is 1. The second-order valence-corrected chi connectivity index (χ2v) is 8.06. The predicted octanol–water partition coefficient (Wildman–Crippen LogP) is 2.20. The van der Waals surface area contributed by atoms with Gasteiger partial charge in [0.15, 0.2) is 16.4 Å². The number of amides is 1. The number of nitrogens with zero attached hydrogens (tertiary/aromatic N) is 1. The van der Waals surface area contributed by atoms with E-state index in [9.17, 15) is 18.0 Å². The molecule has 1 aliphatic rings. The zero-order chi connectivity index (χ0) is 20.1. The second kappa shape index (κ2) is 8.26. The van der Waals surface area contributed by atoms with Crippen molar-refractivity contribution in [3.63, 3.8) is 0 Å². The van der Waals surface area contributed by atoms with E-state index < -0.39 is 34.4 Å². The van der Waals surface area contributed by atoms with Gasteiger partial charge >= 0.3 is 5.97 Å². The summed E-state index contributed by atoms with van der Waals surface area (Å²) < 4.78 is 33.7. The van der Waals surface area contributed by atoms with Crippen LogP contribution in [-0.2, 0) is 19.4 Å². The summed E-state index contributed by atoms with van der Waals surface area (Å²) in [7, 11) is -1.84. The number of benzene rings is 2. The molecule has 28 heavy (non-hydrogen) atoms. The lowest BCUT2D eigenvalue weighted by Gasteiger charge is -2.27. The standard InChI is InChI=1S/C20H19NO6S/c1-26-18-9-7-15(8-10-18)20(23)27-13-19(22)21(16-5-3-2-4-6-16)17-11-12-28(24,25)14-17/h2-12,17H,13-14H2,1H3/t17-/m0/s1. The van der Waals surface area contributed by atoms with Gasteiger partial charge in [0.25, 0.3) is 5.91 Å². The van der Waals surface area contributed by atoms with Crippen LogP contribution in [0.4, 0.5) is 5.69 Å². The summed E-state index contributed by atoms with van der Waals surface area (Å²) in [5.41, 5.74) is 0.808. The average molecular weight is 401 g/mol. The Bertz CT molecular complexity index is 983. The van der Waals surface area contributed by atoms with Crippen LogP contribution in [0.3, 0.4) is 0 Å². The highest BCUT2D eigenvalue weighted by Crippen LogP contribution is 2.23. The first-order chi connectivity index (χ1) is 13.4. The van der Waals surface area contributed by atoms with Gasteiger partial charge < -0.3 is 14.4 Å². The molecule has 0 N–H and O–H groups in total. The summed E-state index contributed by atoms with van der Waals surface area (Å²) in [4.78, 5) is 26.3. The van der Waals surface area contributed by atoms with Crippen LogP contribution < -0.4 is 9.64 Å². The van der Waals surface area contributed by atoms with Crippen LogP contribution in [0.1, 0.15) is 10.4 Å². The predicted molar refractivity (Wildman–Crippen MR) is 104 cm³/mol. The SMILES string of the molecule is COc1ccc(C(=O)OCC(=O)N(c2ccccc2)[C@H]2C=CS(=O)(=O)C2)cc1. The maximum absolute atomic E-state index is 12.8. The minimum Gasteiger partial charge on any atom is -0.497 e. The second-order valence-electron chi connectivity index (χ2n) is 6.13. The number of carbonyl (C=O) groups excluding carboxylic acids is 2. The smallest absolute Gasteiger partial charge is 0.338 e. The Morgan fingerprint density at radius 3 is 2.32 bits per heavy atom. The number of hydrogen-bond acceptors (Lipinski definition) is 6. The molecular weight excluding hydrogens is 382 g/mol. The highest BCUT2D eigenvalue weighted by Gasteiger charge is 2.31. The van der Waals surface area contributed by atoms with Crippen LogP contribution >= 0.6 is 0 Å². The molecule has 0 saturated carbocycles. The lowest BCUT2D eigenvalue weighted by molar-refractivity contribution is -0.121. The Morgan fingerprint density at radius 2 is 1.75 bits per heavy atom. The Labute approximate surface area is 163 Å². The summed E-state index contributed by atoms with van der Waals surface area (Å²) in [5, 5.41) is 1.10. The van der Waals surface area contributed by atoms with Crippen LogP contribution in [0, 0.1) is 0 Å². The van der Waals surface area contributed by atoms with Gasteiger partial charge in [-0.1, -0.05) is 18.2 Å². The van der Waals surface area contributed by atoms with Crippen LogP contribution in [0.2, 0.25) is 0 Å². The largest absolute Gasteiger partial charge is 0.497 e. The highest BCUT2D eigenvalue weighted by molar-refractivity contribution is 7.94. The van der Waals surface area contributed by atoms with Gasteiger partial charge in [0.2, 0.25) is 0 Å². The number of hydrogen-bond donors (Lipinski definition) is 0. The van der Waals surface area contributed by atoms with Gasteiger partial charge in [-0.2, -0.15) is 0 Å². The van der Waals surface area contributed by atoms with Crippen LogP contribution in [0.25, 0.3) is 0 Å². The molecule has 2 aromatic carbocycles. The molecule has 1 atom stereocenters. The molecule has 8 heteroatoms. The Hall–Kier alpha value is -3.13. The van der Waals surface area contributed by atoms with E-state index in [2.05, 4.69) is 0 Å². The fourth-order valence-corrected chi connectivity index (χ4v) is 4.10. The third-order valence-electron chi connectivity index (χ3n) is 4.20. The molecule has 0 unspecified atom stereocenters. The van der Waals surface area contributed by atoms with Crippen molar-refractivity contribution in [3.05, 3.63) is 71.6 Å². The Kier molecular flexibility index (Phi) is 5.79. The molecule has 7 nitrogen and oxygen atoms in total. The summed E-state index contributed by atoms with van der Waals surface area (Å²) in [6.45, 7) is -0.510. The fourth-order valence-electron chi connectivity index (χ4n) is 2.84. The van der Waals surface area contributed by atoms with Gasteiger partial charge in [-0.25, -0.2) is 13.2 Å². The topological polar surface area (TPSA) is 90.0 Å². The first-order valence-corrected chi connectivity index (χ1v) is 10.2. The molecular formula is C20H19NO6S. The van der Waals surface area contributed by atoms with Crippen molar-refractivity contribution in [2.45, 2.75) is 6.04 Å². The van der Waals surface area contributed by atoms with Gasteiger partial charge in [-0.15, -0.1) is 0 Å². The van der Waals surface area contributed by atoms with Crippen LogP contribution in [-0.4, -0.2) is 45.8 Å². The van der Waals surface area contributed by atoms with Crippen molar-refractivity contribution in [1.82, 2.24) is 0 Å². The molecule has 2 aromatic rings. The molecule has 0 bridgehead atoms. The molecule has 146 valence electrons. The van der Waals surface area contributed by atoms with Crippen molar-refractivity contribution >= 4 is 27.4 Å². The van der Waals surface area contributed by atoms with E-state index >= 15 is 0 Å². The van der Waals surface area contributed by atoms with E-state index in [1.165, 1.54) is 30.2 Å². The quantitative estimate of drug-likeness (QED) is 0.690. The van der Waals surface area contributed by atoms with Gasteiger partial charge in [-0.05, 0) is 42.5 Å². The zero-order valence-corrected chi connectivity index (χ0v) is 16.0. The van der Waals surface area contributed by atoms with E-state index in [0.29, 0.717) is 11.4 Å². The number of sulfone groups is 1. The monoisotopic (exact) mass is 401 g/mol. The Balaban J connectivity index is 1.72. The first-order valence-electron chi connectivity index (χ1n) is 8.49. The van der Waals surface area contributed by atoms with Crippen molar-refractivity contribution in [1.29, 1.82) is 0 Å². The van der Waals surface area contributed by atoms with E-state index in [0.717, 1.165) is 5.41 Å². The normalized spacial score (nSPS) is 17.1. The van der Waals surface area contributed by atoms with Gasteiger partial charge in [0.05, 0.1) is 24.5 Å². The molecule has 1 amide bonds. The first kappa shape index (κ1) is 19.6. The van der Waals surface area contributed by atoms with E-state index in [-0.39, 0.29) is 11.3 Å². The number of rotatable bonds is 6. The van der Waals surface area contributed by atoms with Crippen molar-refractivity contribution in [2.24, 2.45) is 0 Å². The summed E-state index contributed by atoms with van der Waals surface area (Å²) in [5.74, 6) is -0.782. The minimum atomic E-state index is -3.36. The Morgan fingerprint density at radius 1 is 1.07 bits per heavy atom. The molecule has 0 radical (unpaired) electrons. The van der Waals surface area contributed by atoms with Crippen molar-refractivity contribution in [3.8, 4) is 5.75 Å². The maximum atomic E-state index is 12.8. The molecule has 0 fully saturated rings. The molecule has 0 spiro atoms. The minimum absolute atomic E-state index is 0.208. The van der Waals surface area contributed by atoms with E-state index in [1.54, 1.807) is 42.5 Å². The molecule has 1 aliphatic heterocycles.